The summed E-state index contributed by atoms with van der Waals surface area (Å²) in [5, 5.41) is 10.1. The van der Waals surface area contributed by atoms with Crippen LogP contribution >= 0.6 is 0 Å². The summed E-state index contributed by atoms with van der Waals surface area (Å²) >= 11 is 0. The van der Waals surface area contributed by atoms with Gasteiger partial charge in [0.15, 0.2) is 5.78 Å². The minimum atomic E-state index is -1.20. The number of benzene rings is 1. The second kappa shape index (κ2) is 16.8. The topological polar surface area (TPSA) is 84.8 Å². The van der Waals surface area contributed by atoms with Crippen molar-refractivity contribution in [3.05, 3.63) is 41.5 Å². The first-order chi connectivity index (χ1) is 14.1. The number of carbonyl (C=O) groups excluding carboxylic acids is 2. The van der Waals surface area contributed by atoms with E-state index in [4.69, 9.17) is 0 Å². The number of ketones is 1. The molecule has 0 aromatic heterocycles. The fraction of sp³-hybridized carbons (Fsp3) is 0.615. The number of allylic oxidation sites excluding steroid dienone is 1. The van der Waals surface area contributed by atoms with Crippen LogP contribution in [0.2, 0.25) is 0 Å². The van der Waals surface area contributed by atoms with Gasteiger partial charge >= 0.3 is 0 Å². The van der Waals surface area contributed by atoms with Gasteiger partial charge in [-0.05, 0) is 45.3 Å². The molecule has 0 fully saturated rings. The Bertz CT molecular complexity index is 612. The Morgan fingerprint density at radius 2 is 1.47 bits per heavy atom. The van der Waals surface area contributed by atoms with E-state index < -0.39 is 5.97 Å². The molecular formula is C26H43NO3. The molecule has 0 aliphatic carbocycles. The Kier molecular flexibility index (Phi) is 15.7. The largest absolute Gasteiger partial charge is 0.550 e. The van der Waals surface area contributed by atoms with Crippen molar-refractivity contribution in [1.82, 2.24) is 0 Å². The van der Waals surface area contributed by atoms with Crippen LogP contribution in [0.25, 0.3) is 6.08 Å². The maximum Gasteiger partial charge on any atom is 0.156 e. The number of aliphatic carboxylic acids is 1. The van der Waals surface area contributed by atoms with Gasteiger partial charge in [0.2, 0.25) is 0 Å². The monoisotopic (exact) mass is 417 g/mol. The number of aryl methyl sites for hydroxylation is 1. The molecule has 0 bridgehead atoms. The van der Waals surface area contributed by atoms with Gasteiger partial charge in [-0.1, -0.05) is 87.8 Å². The smallest absolute Gasteiger partial charge is 0.156 e. The Morgan fingerprint density at radius 3 is 1.97 bits per heavy atom. The molecule has 0 spiro atoms. The van der Waals surface area contributed by atoms with Gasteiger partial charge in [0.1, 0.15) is 0 Å². The highest BCUT2D eigenvalue weighted by molar-refractivity contribution is 5.94. The Balaban J connectivity index is 0.000000567. The van der Waals surface area contributed by atoms with Crippen molar-refractivity contribution < 1.29 is 20.4 Å². The number of carboxylic acids is 1. The Labute approximate surface area is 184 Å². The van der Waals surface area contributed by atoms with Crippen molar-refractivity contribution in [2.75, 3.05) is 0 Å². The lowest BCUT2D eigenvalue weighted by molar-refractivity contribution is -0.467. The predicted molar refractivity (Wildman–Crippen MR) is 124 cm³/mol. The summed E-state index contributed by atoms with van der Waals surface area (Å²) in [6.45, 7) is 8.72. The summed E-state index contributed by atoms with van der Waals surface area (Å²) in [5.74, 6) is -1.40. The molecule has 0 heterocycles. The third-order valence-electron chi connectivity index (χ3n) is 4.82. The SMILES string of the molecule is CCCCCCCCCCC(C)(C)[NH3+].Cc1ccc(/C=C/C(=O)CCC(=O)[O-])cc1. The number of carboxylic acid groups (broad SMARTS) is 1. The van der Waals surface area contributed by atoms with Crippen molar-refractivity contribution >= 4 is 17.8 Å². The standard InChI is InChI=1S/C13H29N.C13H14O3/c1-4-5-6-7-8-9-10-11-12-13(2,3)14;1-10-2-4-11(5-3-10)6-7-12(14)8-9-13(15)16/h4-12,14H2,1-3H3;2-7H,8-9H2,1H3,(H,15,16)/b;7-6+. The molecule has 0 saturated carbocycles. The minimum absolute atomic E-state index is 0.00923. The summed E-state index contributed by atoms with van der Waals surface area (Å²) < 4.78 is 0. The van der Waals surface area contributed by atoms with Crippen LogP contribution in [-0.4, -0.2) is 17.3 Å². The summed E-state index contributed by atoms with van der Waals surface area (Å²) in [6.07, 6.45) is 15.4. The first kappa shape index (κ1) is 28.1. The number of carbonyl (C=O) groups is 2. The third kappa shape index (κ3) is 19.4. The van der Waals surface area contributed by atoms with E-state index in [9.17, 15) is 14.7 Å². The highest BCUT2D eigenvalue weighted by atomic mass is 16.4. The molecule has 0 aliphatic rings. The lowest BCUT2D eigenvalue weighted by Crippen LogP contribution is -2.68. The number of unbranched alkanes of at least 4 members (excludes halogenated alkanes) is 7. The summed E-state index contributed by atoms with van der Waals surface area (Å²) in [5.41, 5.74) is 6.50. The van der Waals surface area contributed by atoms with E-state index >= 15 is 0 Å². The molecule has 4 nitrogen and oxygen atoms in total. The van der Waals surface area contributed by atoms with E-state index in [0.717, 1.165) is 11.1 Å². The zero-order valence-electron chi connectivity index (χ0n) is 19.7. The van der Waals surface area contributed by atoms with Crippen LogP contribution in [0.3, 0.4) is 0 Å². The summed E-state index contributed by atoms with van der Waals surface area (Å²) in [7, 11) is 0. The third-order valence-corrected chi connectivity index (χ3v) is 4.82. The Morgan fingerprint density at radius 1 is 0.933 bits per heavy atom. The quantitative estimate of drug-likeness (QED) is 0.353. The number of rotatable bonds is 14. The van der Waals surface area contributed by atoms with E-state index in [1.54, 1.807) is 6.08 Å². The predicted octanol–water partition coefficient (Wildman–Crippen LogP) is 4.65. The number of quaternary nitrogens is 1. The van der Waals surface area contributed by atoms with Crippen molar-refractivity contribution in [3.63, 3.8) is 0 Å². The molecule has 0 amide bonds. The molecule has 0 unspecified atom stereocenters. The first-order valence-electron chi connectivity index (χ1n) is 11.5. The molecule has 0 aliphatic heterocycles. The van der Waals surface area contributed by atoms with Gasteiger partial charge in [0.05, 0.1) is 5.54 Å². The maximum absolute atomic E-state index is 11.2. The van der Waals surface area contributed by atoms with Gasteiger partial charge in [-0.25, -0.2) is 0 Å². The van der Waals surface area contributed by atoms with E-state index in [-0.39, 0.29) is 18.6 Å². The zero-order chi connectivity index (χ0) is 22.8. The molecule has 4 heteroatoms. The van der Waals surface area contributed by atoms with Crippen LogP contribution in [0.4, 0.5) is 0 Å². The molecular weight excluding hydrogens is 374 g/mol. The zero-order valence-corrected chi connectivity index (χ0v) is 19.7. The van der Waals surface area contributed by atoms with E-state index in [2.05, 4.69) is 26.5 Å². The number of hydrogen-bond donors (Lipinski definition) is 1. The Hall–Kier alpha value is -1.94. The molecule has 30 heavy (non-hydrogen) atoms. The second-order valence-corrected chi connectivity index (χ2v) is 8.97. The van der Waals surface area contributed by atoms with Crippen LogP contribution in [0.1, 0.15) is 103 Å². The normalized spacial score (nSPS) is 11.2. The fourth-order valence-electron chi connectivity index (χ4n) is 2.91. The van der Waals surface area contributed by atoms with Gasteiger partial charge in [-0.15, -0.1) is 0 Å². The summed E-state index contributed by atoms with van der Waals surface area (Å²) in [4.78, 5) is 21.3. The van der Waals surface area contributed by atoms with Gasteiger partial charge < -0.3 is 15.6 Å². The highest BCUT2D eigenvalue weighted by Gasteiger charge is 2.13. The van der Waals surface area contributed by atoms with Gasteiger partial charge in [-0.2, -0.15) is 0 Å². The molecule has 170 valence electrons. The van der Waals surface area contributed by atoms with Crippen molar-refractivity contribution in [2.45, 2.75) is 104 Å². The van der Waals surface area contributed by atoms with Crippen LogP contribution in [0.15, 0.2) is 30.3 Å². The minimum Gasteiger partial charge on any atom is -0.550 e. The second-order valence-electron chi connectivity index (χ2n) is 8.97. The molecule has 1 aromatic rings. The fourth-order valence-corrected chi connectivity index (χ4v) is 2.91. The highest BCUT2D eigenvalue weighted by Crippen LogP contribution is 2.12. The average molecular weight is 418 g/mol. The van der Waals surface area contributed by atoms with E-state index in [0.29, 0.717) is 5.54 Å². The average Bonchev–Trinajstić information content (AvgIpc) is 2.67. The molecule has 0 radical (unpaired) electrons. The van der Waals surface area contributed by atoms with Gasteiger partial charge in [0, 0.05) is 18.8 Å². The summed E-state index contributed by atoms with van der Waals surface area (Å²) in [6, 6.07) is 7.70. The van der Waals surface area contributed by atoms with Gasteiger partial charge in [0.25, 0.3) is 0 Å². The lowest BCUT2D eigenvalue weighted by Gasteiger charge is -2.13. The first-order valence-corrected chi connectivity index (χ1v) is 11.5. The van der Waals surface area contributed by atoms with Crippen molar-refractivity contribution in [1.29, 1.82) is 0 Å². The van der Waals surface area contributed by atoms with Crippen molar-refractivity contribution in [2.24, 2.45) is 0 Å². The van der Waals surface area contributed by atoms with Crippen LogP contribution < -0.4 is 10.8 Å². The number of hydrogen-bond acceptors (Lipinski definition) is 3. The van der Waals surface area contributed by atoms with Crippen molar-refractivity contribution in [3.8, 4) is 0 Å². The molecule has 1 aromatic carbocycles. The molecule has 3 N–H and O–H groups in total. The van der Waals surface area contributed by atoms with E-state index in [1.807, 2.05) is 31.2 Å². The molecule has 0 saturated heterocycles. The van der Waals surface area contributed by atoms with Crippen LogP contribution in [0.5, 0.6) is 0 Å². The maximum atomic E-state index is 11.2. The molecule has 1 rings (SSSR count). The van der Waals surface area contributed by atoms with Crippen LogP contribution in [0, 0.1) is 6.92 Å². The molecule has 0 atom stereocenters. The van der Waals surface area contributed by atoms with E-state index in [1.165, 1.54) is 63.9 Å². The van der Waals surface area contributed by atoms with Gasteiger partial charge in [-0.3, -0.25) is 4.79 Å². The van der Waals surface area contributed by atoms with Crippen LogP contribution in [-0.2, 0) is 9.59 Å². The lowest BCUT2D eigenvalue weighted by atomic mass is 9.97.